The third-order valence-corrected chi connectivity index (χ3v) is 6.83. The molecule has 2 aromatic heterocycles. The molecule has 1 N–H and O–H groups in total. The zero-order valence-corrected chi connectivity index (χ0v) is 15.4. The third-order valence-electron chi connectivity index (χ3n) is 5.42. The summed E-state index contributed by atoms with van der Waals surface area (Å²) < 4.78 is 3.96. The van der Waals surface area contributed by atoms with Crippen molar-refractivity contribution in [1.29, 1.82) is 0 Å². The number of amides is 1. The van der Waals surface area contributed by atoms with Crippen LogP contribution in [-0.4, -0.2) is 36.5 Å². The number of thioether (sulfide) groups is 1. The Morgan fingerprint density at radius 3 is 2.68 bits per heavy atom. The van der Waals surface area contributed by atoms with Crippen molar-refractivity contribution in [2.24, 2.45) is 12.5 Å². The maximum absolute atomic E-state index is 12.7. The molecule has 7 heteroatoms. The fourth-order valence-electron chi connectivity index (χ4n) is 3.59. The molecule has 2 saturated carbocycles. The quantitative estimate of drug-likeness (QED) is 0.861. The highest BCUT2D eigenvalue weighted by Crippen LogP contribution is 2.47. The number of hydrogen-bond donors (Lipinski definition) is 1. The largest absolute Gasteiger partial charge is 0.353 e. The molecule has 2 aliphatic rings. The second-order valence-corrected chi connectivity index (χ2v) is 8.64. The minimum absolute atomic E-state index is 0.218. The van der Waals surface area contributed by atoms with E-state index in [0.29, 0.717) is 17.8 Å². The lowest BCUT2D eigenvalue weighted by molar-refractivity contribution is -0.127. The fourth-order valence-corrected chi connectivity index (χ4v) is 4.74. The SMILES string of the molecule is Cn1ccnc1SC1CCC(NC(=O)C2(Cn3cccn3)CC2)CC1. The molecular formula is C18H25N5OS. The summed E-state index contributed by atoms with van der Waals surface area (Å²) in [4.78, 5) is 17.1. The first-order valence-corrected chi connectivity index (χ1v) is 9.95. The molecule has 0 atom stereocenters. The van der Waals surface area contributed by atoms with Crippen LogP contribution in [-0.2, 0) is 18.4 Å². The van der Waals surface area contributed by atoms with E-state index in [1.54, 1.807) is 6.20 Å². The predicted molar refractivity (Wildman–Crippen MR) is 97.1 cm³/mol. The molecule has 0 spiro atoms. The number of nitrogens with zero attached hydrogens (tertiary/aromatic N) is 4. The van der Waals surface area contributed by atoms with Gasteiger partial charge in [-0.15, -0.1) is 0 Å². The van der Waals surface area contributed by atoms with Gasteiger partial charge in [-0.3, -0.25) is 9.48 Å². The summed E-state index contributed by atoms with van der Waals surface area (Å²) in [5, 5.41) is 9.26. The van der Waals surface area contributed by atoms with E-state index < -0.39 is 0 Å². The van der Waals surface area contributed by atoms with Gasteiger partial charge in [0.05, 0.1) is 12.0 Å². The van der Waals surface area contributed by atoms with Gasteiger partial charge in [0, 0.05) is 43.1 Å². The minimum Gasteiger partial charge on any atom is -0.353 e. The second-order valence-electron chi connectivity index (χ2n) is 7.37. The maximum Gasteiger partial charge on any atom is 0.228 e. The number of aromatic nitrogens is 4. The van der Waals surface area contributed by atoms with Crippen molar-refractivity contribution in [3.8, 4) is 0 Å². The maximum atomic E-state index is 12.7. The van der Waals surface area contributed by atoms with Crippen LogP contribution >= 0.6 is 11.8 Å². The van der Waals surface area contributed by atoms with Gasteiger partial charge in [0.25, 0.3) is 0 Å². The Kier molecular flexibility index (Phi) is 4.58. The van der Waals surface area contributed by atoms with Gasteiger partial charge in [-0.1, -0.05) is 11.8 Å². The van der Waals surface area contributed by atoms with Crippen LogP contribution in [0, 0.1) is 5.41 Å². The van der Waals surface area contributed by atoms with Gasteiger partial charge >= 0.3 is 0 Å². The highest BCUT2D eigenvalue weighted by Gasteiger charge is 2.50. The van der Waals surface area contributed by atoms with Crippen LogP contribution in [0.5, 0.6) is 0 Å². The van der Waals surface area contributed by atoms with Crippen LogP contribution in [0.3, 0.4) is 0 Å². The summed E-state index contributed by atoms with van der Waals surface area (Å²) in [5.74, 6) is 0.225. The molecule has 25 heavy (non-hydrogen) atoms. The van der Waals surface area contributed by atoms with Crippen LogP contribution in [0.4, 0.5) is 0 Å². The molecule has 0 saturated heterocycles. The van der Waals surface area contributed by atoms with Crippen LogP contribution in [0.25, 0.3) is 0 Å². The van der Waals surface area contributed by atoms with Gasteiger partial charge in [0.2, 0.25) is 5.91 Å². The lowest BCUT2D eigenvalue weighted by atomic mass is 9.94. The van der Waals surface area contributed by atoms with E-state index in [0.717, 1.165) is 43.7 Å². The number of carbonyl (C=O) groups is 1. The number of rotatable bonds is 6. The predicted octanol–water partition coefficient (Wildman–Crippen LogP) is 2.62. The Labute approximate surface area is 152 Å². The van der Waals surface area contributed by atoms with Crippen molar-refractivity contribution in [3.63, 3.8) is 0 Å². The van der Waals surface area contributed by atoms with E-state index >= 15 is 0 Å². The number of nitrogens with one attached hydrogen (secondary N) is 1. The third kappa shape index (κ3) is 3.76. The van der Waals surface area contributed by atoms with E-state index in [1.165, 1.54) is 0 Å². The average molecular weight is 359 g/mol. The highest BCUT2D eigenvalue weighted by molar-refractivity contribution is 7.99. The first-order chi connectivity index (χ1) is 12.1. The monoisotopic (exact) mass is 359 g/mol. The molecular weight excluding hydrogens is 334 g/mol. The van der Waals surface area contributed by atoms with Gasteiger partial charge < -0.3 is 9.88 Å². The molecule has 0 bridgehead atoms. The average Bonchev–Trinajstić information content (AvgIpc) is 3.00. The molecule has 2 heterocycles. The Hall–Kier alpha value is -1.76. The van der Waals surface area contributed by atoms with E-state index in [2.05, 4.69) is 20.0 Å². The van der Waals surface area contributed by atoms with Crippen LogP contribution < -0.4 is 5.32 Å². The molecule has 0 aliphatic heterocycles. The lowest BCUT2D eigenvalue weighted by Crippen LogP contribution is -2.43. The zero-order valence-electron chi connectivity index (χ0n) is 14.6. The molecule has 2 aromatic rings. The van der Waals surface area contributed by atoms with Crippen molar-refractivity contribution < 1.29 is 4.79 Å². The summed E-state index contributed by atoms with van der Waals surface area (Å²) in [6, 6.07) is 2.23. The molecule has 0 unspecified atom stereocenters. The molecule has 2 aliphatic carbocycles. The van der Waals surface area contributed by atoms with Crippen LogP contribution in [0.2, 0.25) is 0 Å². The van der Waals surface area contributed by atoms with Crippen molar-refractivity contribution >= 4 is 17.7 Å². The molecule has 0 radical (unpaired) electrons. The molecule has 6 nitrogen and oxygen atoms in total. The molecule has 134 valence electrons. The first kappa shape index (κ1) is 16.7. The molecule has 2 fully saturated rings. The van der Waals surface area contributed by atoms with E-state index in [9.17, 15) is 4.79 Å². The van der Waals surface area contributed by atoms with Gasteiger partial charge in [-0.2, -0.15) is 5.10 Å². The standard InChI is InChI=1S/C18H25N5OS/c1-22-12-10-19-17(22)25-15-5-3-14(4-6-15)21-16(24)18(7-8-18)13-23-11-2-9-20-23/h2,9-12,14-15H,3-8,13H2,1H3,(H,21,24). The second kappa shape index (κ2) is 6.86. The number of aryl methyl sites for hydroxylation is 1. The number of imidazole rings is 1. The summed E-state index contributed by atoms with van der Waals surface area (Å²) in [7, 11) is 2.04. The minimum atomic E-state index is -0.218. The summed E-state index contributed by atoms with van der Waals surface area (Å²) >= 11 is 1.87. The van der Waals surface area contributed by atoms with Crippen molar-refractivity contribution in [2.75, 3.05) is 0 Å². The van der Waals surface area contributed by atoms with Gasteiger partial charge in [0.1, 0.15) is 0 Å². The van der Waals surface area contributed by atoms with Crippen molar-refractivity contribution in [1.82, 2.24) is 24.6 Å². The van der Waals surface area contributed by atoms with E-state index in [4.69, 9.17) is 0 Å². The zero-order chi connectivity index (χ0) is 17.3. The molecule has 0 aromatic carbocycles. The first-order valence-electron chi connectivity index (χ1n) is 9.07. The molecule has 1 amide bonds. The number of hydrogen-bond acceptors (Lipinski definition) is 4. The molecule has 4 rings (SSSR count). The Bertz CT molecular complexity index is 714. The Balaban J connectivity index is 1.26. The summed E-state index contributed by atoms with van der Waals surface area (Å²) in [6.45, 7) is 0.705. The summed E-state index contributed by atoms with van der Waals surface area (Å²) in [5.41, 5.74) is -0.218. The van der Waals surface area contributed by atoms with E-state index in [1.807, 2.05) is 48.1 Å². The highest BCUT2D eigenvalue weighted by atomic mass is 32.2. The lowest BCUT2D eigenvalue weighted by Gasteiger charge is -2.29. The van der Waals surface area contributed by atoms with Crippen LogP contribution in [0.15, 0.2) is 36.0 Å². The van der Waals surface area contributed by atoms with Crippen LogP contribution in [0.1, 0.15) is 38.5 Å². The topological polar surface area (TPSA) is 64.7 Å². The van der Waals surface area contributed by atoms with Gasteiger partial charge in [-0.25, -0.2) is 4.98 Å². The van der Waals surface area contributed by atoms with Gasteiger partial charge in [-0.05, 0) is 44.6 Å². The fraction of sp³-hybridized carbons (Fsp3) is 0.611. The summed E-state index contributed by atoms with van der Waals surface area (Å²) in [6.07, 6.45) is 13.9. The van der Waals surface area contributed by atoms with Crippen molar-refractivity contribution in [2.45, 2.75) is 61.5 Å². The van der Waals surface area contributed by atoms with Crippen molar-refractivity contribution in [3.05, 3.63) is 30.9 Å². The smallest absolute Gasteiger partial charge is 0.228 e. The Morgan fingerprint density at radius 2 is 2.08 bits per heavy atom. The normalized spacial score (nSPS) is 24.8. The van der Waals surface area contributed by atoms with E-state index in [-0.39, 0.29) is 11.3 Å². The van der Waals surface area contributed by atoms with Gasteiger partial charge in [0.15, 0.2) is 5.16 Å². The Morgan fingerprint density at radius 1 is 1.28 bits per heavy atom. The number of carbonyl (C=O) groups excluding carboxylic acids is 1.